The topological polar surface area (TPSA) is 93.2 Å². The highest BCUT2D eigenvalue weighted by Gasteiger charge is 2.18. The number of anilines is 2. The zero-order chi connectivity index (χ0) is 14.8. The molecule has 0 aliphatic rings. The van der Waals surface area contributed by atoms with Gasteiger partial charge >= 0.3 is 5.69 Å². The SMILES string of the molecule is CSCCCCCCNc1cccc(NN)c1[N+](=O)[O-]. The Morgan fingerprint density at radius 3 is 2.60 bits per heavy atom. The normalized spacial score (nSPS) is 10.3. The van der Waals surface area contributed by atoms with Gasteiger partial charge < -0.3 is 10.7 Å². The number of hydrogen-bond acceptors (Lipinski definition) is 6. The second-order valence-electron chi connectivity index (χ2n) is 4.44. The number of nitrogens with two attached hydrogens (primary N) is 1. The largest absolute Gasteiger partial charge is 0.379 e. The van der Waals surface area contributed by atoms with E-state index in [0.29, 0.717) is 11.4 Å². The summed E-state index contributed by atoms with van der Waals surface area (Å²) in [5.74, 6) is 6.49. The van der Waals surface area contributed by atoms with E-state index in [1.807, 2.05) is 11.8 Å². The molecule has 112 valence electrons. The predicted molar refractivity (Wildman–Crippen MR) is 86.2 cm³/mol. The molecule has 1 aromatic carbocycles. The zero-order valence-corrected chi connectivity index (χ0v) is 12.5. The van der Waals surface area contributed by atoms with Crippen molar-refractivity contribution < 1.29 is 4.92 Å². The van der Waals surface area contributed by atoms with E-state index in [-0.39, 0.29) is 5.69 Å². The molecule has 0 heterocycles. The average Bonchev–Trinajstić information content (AvgIpc) is 2.45. The maximum atomic E-state index is 11.1. The van der Waals surface area contributed by atoms with Gasteiger partial charge in [0.05, 0.1) is 4.92 Å². The second kappa shape index (κ2) is 9.44. The summed E-state index contributed by atoms with van der Waals surface area (Å²) in [6.45, 7) is 0.730. The first kappa shape index (κ1) is 16.6. The van der Waals surface area contributed by atoms with Gasteiger partial charge in [-0.05, 0) is 37.0 Å². The molecule has 0 aliphatic carbocycles. The Morgan fingerprint density at radius 1 is 1.25 bits per heavy atom. The third kappa shape index (κ3) is 5.26. The first-order chi connectivity index (χ1) is 9.70. The van der Waals surface area contributed by atoms with Crippen LogP contribution in [-0.2, 0) is 0 Å². The van der Waals surface area contributed by atoms with Gasteiger partial charge in [0.2, 0.25) is 0 Å². The molecule has 0 aromatic heterocycles. The van der Waals surface area contributed by atoms with Gasteiger partial charge in [0.25, 0.3) is 0 Å². The molecule has 0 amide bonds. The Bertz CT molecular complexity index is 429. The summed E-state index contributed by atoms with van der Waals surface area (Å²) in [5, 5.41) is 14.2. The number of nitrogens with zero attached hydrogens (tertiary/aromatic N) is 1. The van der Waals surface area contributed by atoms with Gasteiger partial charge in [0, 0.05) is 6.54 Å². The molecule has 0 radical (unpaired) electrons. The van der Waals surface area contributed by atoms with Crippen molar-refractivity contribution >= 4 is 28.8 Å². The summed E-state index contributed by atoms with van der Waals surface area (Å²) in [4.78, 5) is 10.7. The minimum absolute atomic E-state index is 0.00242. The highest BCUT2D eigenvalue weighted by Crippen LogP contribution is 2.32. The number of nitro benzene ring substituents is 1. The molecule has 1 rings (SSSR count). The van der Waals surface area contributed by atoms with E-state index in [2.05, 4.69) is 17.0 Å². The molecular weight excluding hydrogens is 276 g/mol. The number of nitrogen functional groups attached to an aromatic ring is 1. The van der Waals surface area contributed by atoms with Crippen molar-refractivity contribution in [1.29, 1.82) is 0 Å². The van der Waals surface area contributed by atoms with Crippen LogP contribution < -0.4 is 16.6 Å². The summed E-state index contributed by atoms with van der Waals surface area (Å²) >= 11 is 1.86. The monoisotopic (exact) mass is 298 g/mol. The van der Waals surface area contributed by atoms with E-state index in [0.717, 1.165) is 19.4 Å². The van der Waals surface area contributed by atoms with Gasteiger partial charge in [-0.25, -0.2) is 0 Å². The number of hydrazine groups is 1. The summed E-state index contributed by atoms with van der Waals surface area (Å²) < 4.78 is 0. The van der Waals surface area contributed by atoms with Crippen LogP contribution in [0.1, 0.15) is 25.7 Å². The number of nitrogens with one attached hydrogen (secondary N) is 2. The lowest BCUT2D eigenvalue weighted by Crippen LogP contribution is -2.11. The number of unbranched alkanes of at least 4 members (excludes halogenated alkanes) is 3. The molecule has 0 bridgehead atoms. The lowest BCUT2D eigenvalue weighted by atomic mass is 10.2. The number of rotatable bonds is 10. The van der Waals surface area contributed by atoms with Crippen LogP contribution in [0.4, 0.5) is 17.1 Å². The van der Waals surface area contributed by atoms with Crippen LogP contribution in [0.2, 0.25) is 0 Å². The Balaban J connectivity index is 2.45. The summed E-state index contributed by atoms with van der Waals surface area (Å²) in [6, 6.07) is 5.03. The van der Waals surface area contributed by atoms with Gasteiger partial charge in [-0.2, -0.15) is 11.8 Å². The molecule has 7 heteroatoms. The zero-order valence-electron chi connectivity index (χ0n) is 11.7. The van der Waals surface area contributed by atoms with E-state index < -0.39 is 4.92 Å². The predicted octanol–water partition coefficient (Wildman–Crippen LogP) is 3.22. The molecule has 0 saturated carbocycles. The van der Waals surface area contributed by atoms with Crippen LogP contribution in [0.25, 0.3) is 0 Å². The van der Waals surface area contributed by atoms with Crippen LogP contribution in [0.5, 0.6) is 0 Å². The Morgan fingerprint density at radius 2 is 1.95 bits per heavy atom. The van der Waals surface area contributed by atoms with Crippen molar-refractivity contribution in [3.8, 4) is 0 Å². The molecule has 0 aliphatic heterocycles. The van der Waals surface area contributed by atoms with Crippen molar-refractivity contribution in [2.45, 2.75) is 25.7 Å². The minimum atomic E-state index is -0.421. The average molecular weight is 298 g/mol. The van der Waals surface area contributed by atoms with E-state index >= 15 is 0 Å². The molecule has 0 fully saturated rings. The fraction of sp³-hybridized carbons (Fsp3) is 0.538. The lowest BCUT2D eigenvalue weighted by Gasteiger charge is -2.09. The summed E-state index contributed by atoms with van der Waals surface area (Å²) in [6.07, 6.45) is 6.68. The van der Waals surface area contributed by atoms with Gasteiger partial charge in [-0.15, -0.1) is 0 Å². The van der Waals surface area contributed by atoms with Crippen molar-refractivity contribution in [1.82, 2.24) is 0 Å². The molecule has 0 saturated heterocycles. The quantitative estimate of drug-likeness (QED) is 0.266. The van der Waals surface area contributed by atoms with Gasteiger partial charge in [-0.3, -0.25) is 16.0 Å². The number of benzene rings is 1. The summed E-state index contributed by atoms with van der Waals surface area (Å²) in [5.41, 5.74) is 3.18. The number of nitro groups is 1. The molecule has 0 atom stereocenters. The number of thioether (sulfide) groups is 1. The minimum Gasteiger partial charge on any atom is -0.379 e. The van der Waals surface area contributed by atoms with E-state index in [1.54, 1.807) is 18.2 Å². The second-order valence-corrected chi connectivity index (χ2v) is 5.42. The van der Waals surface area contributed by atoms with Crippen LogP contribution in [-0.4, -0.2) is 23.5 Å². The summed E-state index contributed by atoms with van der Waals surface area (Å²) in [7, 11) is 0. The van der Waals surface area contributed by atoms with Crippen LogP contribution in [0.3, 0.4) is 0 Å². The van der Waals surface area contributed by atoms with Gasteiger partial charge in [-0.1, -0.05) is 18.9 Å². The molecule has 1 aromatic rings. The highest BCUT2D eigenvalue weighted by molar-refractivity contribution is 7.98. The fourth-order valence-electron chi connectivity index (χ4n) is 1.95. The van der Waals surface area contributed by atoms with E-state index in [1.165, 1.54) is 18.6 Å². The van der Waals surface area contributed by atoms with Crippen LogP contribution in [0, 0.1) is 10.1 Å². The van der Waals surface area contributed by atoms with Crippen molar-refractivity contribution in [3.05, 3.63) is 28.3 Å². The lowest BCUT2D eigenvalue weighted by molar-refractivity contribution is -0.383. The maximum absolute atomic E-state index is 11.1. The molecular formula is C13H22N4O2S. The molecule has 4 N–H and O–H groups in total. The standard InChI is InChI=1S/C13H22N4O2S/c1-20-10-5-3-2-4-9-15-11-7-6-8-12(16-14)13(11)17(18)19/h6-8,15-16H,2-5,9-10,14H2,1H3. The van der Waals surface area contributed by atoms with E-state index in [9.17, 15) is 10.1 Å². The molecule has 6 nitrogen and oxygen atoms in total. The van der Waals surface area contributed by atoms with Gasteiger partial charge in [0.1, 0.15) is 11.4 Å². The third-order valence-corrected chi connectivity index (χ3v) is 3.66. The smallest absolute Gasteiger partial charge is 0.316 e. The third-order valence-electron chi connectivity index (χ3n) is 2.96. The Labute approximate surface area is 123 Å². The number of para-hydroxylation sites is 1. The van der Waals surface area contributed by atoms with Crippen LogP contribution in [0.15, 0.2) is 18.2 Å². The first-order valence-electron chi connectivity index (χ1n) is 6.67. The molecule has 20 heavy (non-hydrogen) atoms. The fourth-order valence-corrected chi connectivity index (χ4v) is 2.44. The number of hydrogen-bond donors (Lipinski definition) is 3. The Kier molecular flexibility index (Phi) is 7.82. The van der Waals surface area contributed by atoms with Crippen molar-refractivity contribution in [2.24, 2.45) is 5.84 Å². The first-order valence-corrected chi connectivity index (χ1v) is 8.07. The Hall–Kier alpha value is -1.47. The highest BCUT2D eigenvalue weighted by atomic mass is 32.2. The van der Waals surface area contributed by atoms with Crippen LogP contribution >= 0.6 is 11.8 Å². The van der Waals surface area contributed by atoms with E-state index in [4.69, 9.17) is 5.84 Å². The van der Waals surface area contributed by atoms with Crippen molar-refractivity contribution in [2.75, 3.05) is 29.3 Å². The van der Waals surface area contributed by atoms with Gasteiger partial charge in [0.15, 0.2) is 0 Å². The molecule has 0 spiro atoms. The maximum Gasteiger partial charge on any atom is 0.316 e. The van der Waals surface area contributed by atoms with Crippen molar-refractivity contribution in [3.63, 3.8) is 0 Å². The molecule has 0 unspecified atom stereocenters.